The van der Waals surface area contributed by atoms with Crippen molar-refractivity contribution in [2.45, 2.75) is 44.6 Å². The summed E-state index contributed by atoms with van der Waals surface area (Å²) in [7, 11) is -3.55. The number of thiocarbonyl (C=S) groups is 1. The number of sulfonamides is 1. The minimum atomic E-state index is -3.55. The van der Waals surface area contributed by atoms with Gasteiger partial charge in [-0.2, -0.15) is 0 Å². The number of nitrogens with one attached hydrogen (secondary N) is 1. The van der Waals surface area contributed by atoms with E-state index in [1.54, 1.807) is 25.1 Å². The van der Waals surface area contributed by atoms with E-state index >= 15 is 0 Å². The Balaban J connectivity index is 2.31. The van der Waals surface area contributed by atoms with Gasteiger partial charge in [0, 0.05) is 11.6 Å². The second-order valence-corrected chi connectivity index (χ2v) is 8.11. The lowest BCUT2D eigenvalue weighted by Gasteiger charge is -2.20. The third-order valence-corrected chi connectivity index (χ3v) is 6.40. The van der Waals surface area contributed by atoms with E-state index < -0.39 is 10.0 Å². The molecule has 4 nitrogen and oxygen atoms in total. The molecule has 0 radical (unpaired) electrons. The van der Waals surface area contributed by atoms with Gasteiger partial charge in [0.2, 0.25) is 10.0 Å². The van der Waals surface area contributed by atoms with E-state index in [2.05, 4.69) is 18.6 Å². The molecule has 0 spiro atoms. The minimum Gasteiger partial charge on any atom is -0.389 e. The molecule has 6 heteroatoms. The summed E-state index contributed by atoms with van der Waals surface area (Å²) in [4.78, 5) is 0.467. The van der Waals surface area contributed by atoms with Crippen LogP contribution in [0.4, 0.5) is 0 Å². The summed E-state index contributed by atoms with van der Waals surface area (Å²) < 4.78 is 28.1. The molecule has 2 rings (SSSR count). The third-order valence-electron chi connectivity index (χ3n) is 4.53. The molecule has 21 heavy (non-hydrogen) atoms. The predicted octanol–water partition coefficient (Wildman–Crippen LogP) is 2.34. The number of rotatable bonds is 4. The highest BCUT2D eigenvalue weighted by Crippen LogP contribution is 2.32. The Morgan fingerprint density at radius 1 is 1.33 bits per heavy atom. The Bertz CT molecular complexity index is 656. The van der Waals surface area contributed by atoms with Crippen LogP contribution in [0.5, 0.6) is 0 Å². The smallest absolute Gasteiger partial charge is 0.241 e. The summed E-state index contributed by atoms with van der Waals surface area (Å²) in [6, 6.07) is 5.04. The van der Waals surface area contributed by atoms with Crippen molar-refractivity contribution in [1.82, 2.24) is 4.72 Å². The monoisotopic (exact) mass is 326 g/mol. The van der Waals surface area contributed by atoms with Gasteiger partial charge >= 0.3 is 0 Å². The molecule has 1 saturated carbocycles. The largest absolute Gasteiger partial charge is 0.389 e. The van der Waals surface area contributed by atoms with Crippen LogP contribution in [-0.2, 0) is 10.0 Å². The molecule has 1 aliphatic rings. The van der Waals surface area contributed by atoms with Gasteiger partial charge in [-0.15, -0.1) is 0 Å². The van der Waals surface area contributed by atoms with Gasteiger partial charge in [0.15, 0.2) is 0 Å². The van der Waals surface area contributed by atoms with Crippen molar-refractivity contribution in [1.29, 1.82) is 0 Å². The molecule has 1 aromatic carbocycles. The average Bonchev–Trinajstić information content (AvgIpc) is 2.70. The standard InChI is InChI=1S/C15H22N2O2S2/c1-9-5-7-13(11(9)3)17-21(18,19)14-8-12(15(16)20)6-4-10(14)2/h4,6,8-9,11,13,17H,5,7H2,1-3H3,(H2,16,20). The van der Waals surface area contributed by atoms with Crippen LogP contribution < -0.4 is 10.5 Å². The molecule has 0 bridgehead atoms. The maximum Gasteiger partial charge on any atom is 0.241 e. The van der Waals surface area contributed by atoms with Gasteiger partial charge in [0.1, 0.15) is 4.99 Å². The molecule has 0 aromatic heterocycles. The van der Waals surface area contributed by atoms with Crippen LogP contribution in [0.25, 0.3) is 0 Å². The number of nitrogens with two attached hydrogens (primary N) is 1. The van der Waals surface area contributed by atoms with Crippen molar-refractivity contribution < 1.29 is 8.42 Å². The molecule has 3 N–H and O–H groups in total. The zero-order valence-corrected chi connectivity index (χ0v) is 14.2. The van der Waals surface area contributed by atoms with E-state index in [1.807, 2.05) is 0 Å². The molecule has 1 aliphatic carbocycles. The summed E-state index contributed by atoms with van der Waals surface area (Å²) in [6.45, 7) is 6.04. The van der Waals surface area contributed by atoms with Crippen molar-refractivity contribution in [3.63, 3.8) is 0 Å². The maximum absolute atomic E-state index is 12.6. The fourth-order valence-corrected chi connectivity index (χ4v) is 4.60. The molecule has 0 amide bonds. The van der Waals surface area contributed by atoms with Crippen molar-refractivity contribution >= 4 is 27.2 Å². The molecular formula is C15H22N2O2S2. The quantitative estimate of drug-likeness (QED) is 0.833. The van der Waals surface area contributed by atoms with Gasteiger partial charge in [-0.1, -0.05) is 38.2 Å². The molecule has 116 valence electrons. The molecule has 0 heterocycles. The molecule has 3 atom stereocenters. The van der Waals surface area contributed by atoms with Crippen LogP contribution in [0.2, 0.25) is 0 Å². The van der Waals surface area contributed by atoms with Gasteiger partial charge in [0.05, 0.1) is 4.90 Å². The first-order valence-corrected chi connectivity index (χ1v) is 9.04. The number of hydrogen-bond acceptors (Lipinski definition) is 3. The molecule has 0 saturated heterocycles. The minimum absolute atomic E-state index is 0.00196. The number of aryl methyl sites for hydroxylation is 1. The molecule has 1 fully saturated rings. The van der Waals surface area contributed by atoms with Crippen LogP contribution in [0.15, 0.2) is 23.1 Å². The Morgan fingerprint density at radius 2 is 2.00 bits per heavy atom. The average molecular weight is 326 g/mol. The fourth-order valence-electron chi connectivity index (χ4n) is 2.84. The lowest BCUT2D eigenvalue weighted by Crippen LogP contribution is -2.37. The van der Waals surface area contributed by atoms with Gasteiger partial charge in [0.25, 0.3) is 0 Å². The first-order valence-electron chi connectivity index (χ1n) is 7.15. The van der Waals surface area contributed by atoms with Crippen LogP contribution in [0, 0.1) is 18.8 Å². The summed E-state index contributed by atoms with van der Waals surface area (Å²) in [5, 5.41) is 0. The predicted molar refractivity (Wildman–Crippen MR) is 88.7 cm³/mol. The zero-order chi connectivity index (χ0) is 15.8. The summed E-state index contributed by atoms with van der Waals surface area (Å²) in [6.07, 6.45) is 1.94. The molecule has 3 unspecified atom stereocenters. The summed E-state index contributed by atoms with van der Waals surface area (Å²) >= 11 is 4.93. The van der Waals surface area contributed by atoms with Gasteiger partial charge < -0.3 is 5.73 Å². The number of hydrogen-bond donors (Lipinski definition) is 2. The fraction of sp³-hybridized carbons (Fsp3) is 0.533. The zero-order valence-electron chi connectivity index (χ0n) is 12.6. The van der Waals surface area contributed by atoms with Crippen molar-refractivity contribution in [2.75, 3.05) is 0 Å². The molecule has 0 aliphatic heterocycles. The van der Waals surface area contributed by atoms with Gasteiger partial charge in [-0.3, -0.25) is 0 Å². The lowest BCUT2D eigenvalue weighted by molar-refractivity contribution is 0.402. The number of benzene rings is 1. The highest BCUT2D eigenvalue weighted by molar-refractivity contribution is 7.89. The summed E-state index contributed by atoms with van der Waals surface area (Å²) in [5.74, 6) is 0.889. The highest BCUT2D eigenvalue weighted by Gasteiger charge is 2.33. The third kappa shape index (κ3) is 3.44. The Morgan fingerprint density at radius 3 is 2.52 bits per heavy atom. The van der Waals surface area contributed by atoms with E-state index in [-0.39, 0.29) is 15.9 Å². The van der Waals surface area contributed by atoms with Crippen molar-refractivity contribution in [3.8, 4) is 0 Å². The van der Waals surface area contributed by atoms with E-state index in [9.17, 15) is 8.42 Å². The first-order chi connectivity index (χ1) is 9.72. The second-order valence-electron chi connectivity index (χ2n) is 5.99. The maximum atomic E-state index is 12.6. The van der Waals surface area contributed by atoms with Crippen LogP contribution in [-0.4, -0.2) is 19.4 Å². The van der Waals surface area contributed by atoms with E-state index in [1.165, 1.54) is 0 Å². The Hall–Kier alpha value is -0.980. The molecule has 1 aromatic rings. The highest BCUT2D eigenvalue weighted by atomic mass is 32.2. The summed E-state index contributed by atoms with van der Waals surface area (Å²) in [5.41, 5.74) is 6.86. The lowest BCUT2D eigenvalue weighted by atomic mass is 9.98. The Labute approximate surface area is 132 Å². The SMILES string of the molecule is Cc1ccc(C(N)=S)cc1S(=O)(=O)NC1CCC(C)C1C. The van der Waals surface area contributed by atoms with Gasteiger partial charge in [-0.25, -0.2) is 13.1 Å². The van der Waals surface area contributed by atoms with Gasteiger partial charge in [-0.05, 0) is 43.2 Å². The van der Waals surface area contributed by atoms with E-state index in [4.69, 9.17) is 18.0 Å². The molecular weight excluding hydrogens is 304 g/mol. The second kappa shape index (κ2) is 6.02. The Kier molecular flexibility index (Phi) is 4.70. The van der Waals surface area contributed by atoms with Crippen molar-refractivity contribution in [3.05, 3.63) is 29.3 Å². The van der Waals surface area contributed by atoms with E-state index in [0.717, 1.165) is 12.8 Å². The first kappa shape index (κ1) is 16.4. The van der Waals surface area contributed by atoms with E-state index in [0.29, 0.717) is 23.0 Å². The van der Waals surface area contributed by atoms with Crippen molar-refractivity contribution in [2.24, 2.45) is 17.6 Å². The van der Waals surface area contributed by atoms with Crippen LogP contribution >= 0.6 is 12.2 Å². The van der Waals surface area contributed by atoms with Crippen LogP contribution in [0.3, 0.4) is 0 Å². The van der Waals surface area contributed by atoms with Crippen LogP contribution in [0.1, 0.15) is 37.8 Å². The topological polar surface area (TPSA) is 72.2 Å². The normalized spacial score (nSPS) is 26.0.